The summed E-state index contributed by atoms with van der Waals surface area (Å²) >= 11 is 7.80. The third-order valence-corrected chi connectivity index (χ3v) is 7.66. The molecule has 1 aromatic heterocycles. The molecule has 5 aromatic rings. The van der Waals surface area contributed by atoms with Crippen LogP contribution in [0.4, 0.5) is 5.69 Å². The zero-order valence-corrected chi connectivity index (χ0v) is 23.1. The molecule has 1 atom stereocenters. The molecule has 4 aromatic carbocycles. The number of ether oxygens (including phenoxy) is 3. The molecular formula is C30H25ClN2O5S. The Kier molecular flexibility index (Phi) is 7.67. The number of anilines is 1. The van der Waals surface area contributed by atoms with E-state index in [1.165, 1.54) is 20.3 Å². The third kappa shape index (κ3) is 5.26. The quantitative estimate of drug-likeness (QED) is 0.199. The van der Waals surface area contributed by atoms with Gasteiger partial charge < -0.3 is 19.5 Å². The Hall–Kier alpha value is -4.14. The van der Waals surface area contributed by atoms with Gasteiger partial charge in [-0.15, -0.1) is 11.3 Å². The first-order valence-electron chi connectivity index (χ1n) is 12.2. The molecule has 1 amide bonds. The van der Waals surface area contributed by atoms with Crippen LogP contribution in [0.3, 0.4) is 0 Å². The van der Waals surface area contributed by atoms with Gasteiger partial charge in [-0.1, -0.05) is 61.0 Å². The van der Waals surface area contributed by atoms with Crippen LogP contribution in [0.5, 0.6) is 11.5 Å². The number of halogens is 1. The molecule has 0 aliphatic rings. The van der Waals surface area contributed by atoms with Crippen LogP contribution < -0.4 is 14.8 Å². The predicted octanol–water partition coefficient (Wildman–Crippen LogP) is 7.36. The number of aromatic nitrogens is 1. The van der Waals surface area contributed by atoms with Crippen molar-refractivity contribution in [3.05, 3.63) is 83.4 Å². The Morgan fingerprint density at radius 1 is 0.974 bits per heavy atom. The zero-order chi connectivity index (χ0) is 27.5. The van der Waals surface area contributed by atoms with E-state index < -0.39 is 18.0 Å². The number of nitrogens with zero attached hydrogens (tertiary/aromatic N) is 1. The van der Waals surface area contributed by atoms with Crippen molar-refractivity contribution in [3.63, 3.8) is 0 Å². The number of fused-ring (bicyclic) bond motifs is 2. The maximum absolute atomic E-state index is 13.5. The van der Waals surface area contributed by atoms with Gasteiger partial charge in [0.1, 0.15) is 16.5 Å². The topological polar surface area (TPSA) is 86.8 Å². The number of benzene rings is 4. The number of hydrogen-bond donors (Lipinski definition) is 1. The van der Waals surface area contributed by atoms with Gasteiger partial charge in [-0.25, -0.2) is 9.78 Å². The Morgan fingerprint density at radius 3 is 2.44 bits per heavy atom. The van der Waals surface area contributed by atoms with Crippen LogP contribution in [0.1, 0.15) is 23.7 Å². The van der Waals surface area contributed by atoms with Crippen molar-refractivity contribution in [2.45, 2.75) is 19.4 Å². The van der Waals surface area contributed by atoms with Gasteiger partial charge in [0.15, 0.2) is 6.10 Å². The number of amides is 1. The molecule has 1 N–H and O–H groups in total. The maximum atomic E-state index is 13.5. The Balaban J connectivity index is 1.45. The fourth-order valence-electron chi connectivity index (χ4n) is 4.36. The average molecular weight is 561 g/mol. The van der Waals surface area contributed by atoms with E-state index in [0.717, 1.165) is 31.6 Å². The first-order chi connectivity index (χ1) is 18.9. The highest BCUT2D eigenvalue weighted by molar-refractivity contribution is 7.21. The number of carbonyl (C=O) groups excluding carboxylic acids is 2. The molecule has 39 heavy (non-hydrogen) atoms. The molecule has 0 aliphatic heterocycles. The van der Waals surface area contributed by atoms with Crippen LogP contribution in [-0.4, -0.2) is 37.2 Å². The smallest absolute Gasteiger partial charge is 0.339 e. The molecule has 0 aliphatic carbocycles. The lowest BCUT2D eigenvalue weighted by atomic mass is 9.99. The highest BCUT2D eigenvalue weighted by Crippen LogP contribution is 2.37. The van der Waals surface area contributed by atoms with Crippen molar-refractivity contribution in [1.82, 2.24) is 4.98 Å². The van der Waals surface area contributed by atoms with Crippen molar-refractivity contribution in [3.8, 4) is 22.1 Å². The SMILES string of the molecule is CCC(OC(=O)c1cccc2cccc(-c3nc4ccccc4s3)c12)C(=O)Nc1cc(Cl)c(OC)cc1OC. The second-order valence-corrected chi connectivity index (χ2v) is 10.1. The standard InChI is InChI=1S/C30H25ClN2O5S/c1-4-23(28(34)32-22-15-20(31)24(36-2)16-25(22)37-3)38-30(35)19-12-8-10-17-9-7-11-18(27(17)19)29-33-21-13-5-6-14-26(21)39-29/h5-16,23H,4H2,1-3H3,(H,32,34). The molecular weight excluding hydrogens is 536 g/mol. The van der Waals surface area contributed by atoms with Crippen molar-refractivity contribution in [1.29, 1.82) is 0 Å². The van der Waals surface area contributed by atoms with E-state index in [1.807, 2.05) is 48.5 Å². The predicted molar refractivity (Wildman–Crippen MR) is 155 cm³/mol. The van der Waals surface area contributed by atoms with Crippen LogP contribution in [0.25, 0.3) is 31.6 Å². The molecule has 5 rings (SSSR count). The van der Waals surface area contributed by atoms with E-state index in [2.05, 4.69) is 5.32 Å². The lowest BCUT2D eigenvalue weighted by molar-refractivity contribution is -0.124. The summed E-state index contributed by atoms with van der Waals surface area (Å²) in [5.41, 5.74) is 2.42. The second kappa shape index (κ2) is 11.3. The molecule has 0 radical (unpaired) electrons. The molecule has 0 saturated heterocycles. The monoisotopic (exact) mass is 560 g/mol. The van der Waals surface area contributed by atoms with Crippen LogP contribution in [0.15, 0.2) is 72.8 Å². The molecule has 198 valence electrons. The van der Waals surface area contributed by atoms with Gasteiger partial charge >= 0.3 is 5.97 Å². The number of carbonyl (C=O) groups is 2. The van der Waals surface area contributed by atoms with Crippen LogP contribution >= 0.6 is 22.9 Å². The summed E-state index contributed by atoms with van der Waals surface area (Å²) in [6.45, 7) is 1.77. The van der Waals surface area contributed by atoms with E-state index >= 15 is 0 Å². The van der Waals surface area contributed by atoms with E-state index in [0.29, 0.717) is 27.8 Å². The lowest BCUT2D eigenvalue weighted by Crippen LogP contribution is -2.32. The molecule has 1 unspecified atom stereocenters. The van der Waals surface area contributed by atoms with Crippen molar-refractivity contribution in [2.75, 3.05) is 19.5 Å². The highest BCUT2D eigenvalue weighted by atomic mass is 35.5. The van der Waals surface area contributed by atoms with Gasteiger partial charge in [0.25, 0.3) is 5.91 Å². The van der Waals surface area contributed by atoms with Crippen molar-refractivity contribution >= 4 is 61.5 Å². The fourth-order valence-corrected chi connectivity index (χ4v) is 5.60. The minimum Gasteiger partial charge on any atom is -0.495 e. The molecule has 0 bridgehead atoms. The Labute approximate surface area is 234 Å². The van der Waals surface area contributed by atoms with Crippen LogP contribution in [0.2, 0.25) is 5.02 Å². The maximum Gasteiger partial charge on any atom is 0.339 e. The van der Waals surface area contributed by atoms with Gasteiger partial charge in [-0.2, -0.15) is 0 Å². The van der Waals surface area contributed by atoms with Crippen LogP contribution in [-0.2, 0) is 9.53 Å². The number of nitrogens with one attached hydrogen (secondary N) is 1. The summed E-state index contributed by atoms with van der Waals surface area (Å²) in [5, 5.41) is 5.46. The fraction of sp³-hybridized carbons (Fsp3) is 0.167. The molecule has 9 heteroatoms. The van der Waals surface area contributed by atoms with Gasteiger partial charge in [-0.05, 0) is 36.1 Å². The number of thiazole rings is 1. The summed E-state index contributed by atoms with van der Waals surface area (Å²) in [6.07, 6.45) is -0.785. The first kappa shape index (κ1) is 26.5. The van der Waals surface area contributed by atoms with Crippen LogP contribution in [0, 0.1) is 0 Å². The number of esters is 1. The van der Waals surface area contributed by atoms with Gasteiger partial charge in [-0.3, -0.25) is 4.79 Å². The second-order valence-electron chi connectivity index (χ2n) is 8.67. The third-order valence-electron chi connectivity index (χ3n) is 6.29. The highest BCUT2D eigenvalue weighted by Gasteiger charge is 2.25. The van der Waals surface area contributed by atoms with Gasteiger partial charge in [0.05, 0.1) is 40.7 Å². The minimum absolute atomic E-state index is 0.263. The number of para-hydroxylation sites is 1. The average Bonchev–Trinajstić information content (AvgIpc) is 3.39. The summed E-state index contributed by atoms with van der Waals surface area (Å²) in [4.78, 5) is 31.5. The van der Waals surface area contributed by atoms with Crippen molar-refractivity contribution < 1.29 is 23.8 Å². The summed E-state index contributed by atoms with van der Waals surface area (Å²) in [5.74, 6) is -0.335. The van der Waals surface area contributed by atoms with Gasteiger partial charge in [0.2, 0.25) is 0 Å². The molecule has 7 nitrogen and oxygen atoms in total. The lowest BCUT2D eigenvalue weighted by Gasteiger charge is -2.19. The zero-order valence-electron chi connectivity index (χ0n) is 21.5. The number of hydrogen-bond acceptors (Lipinski definition) is 7. The normalized spacial score (nSPS) is 11.8. The van der Waals surface area contributed by atoms with E-state index in [1.54, 1.807) is 36.5 Å². The van der Waals surface area contributed by atoms with E-state index in [4.69, 9.17) is 30.8 Å². The van der Waals surface area contributed by atoms with Gasteiger partial charge in [0, 0.05) is 17.0 Å². The summed E-state index contributed by atoms with van der Waals surface area (Å²) in [7, 11) is 2.96. The van der Waals surface area contributed by atoms with Crippen molar-refractivity contribution in [2.24, 2.45) is 0 Å². The largest absolute Gasteiger partial charge is 0.495 e. The number of rotatable bonds is 8. The Bertz CT molecular complexity index is 1660. The van der Waals surface area contributed by atoms with E-state index in [-0.39, 0.29) is 6.42 Å². The molecule has 1 heterocycles. The van der Waals surface area contributed by atoms with E-state index in [9.17, 15) is 9.59 Å². The summed E-state index contributed by atoms with van der Waals surface area (Å²) in [6, 6.07) is 22.3. The molecule has 0 saturated carbocycles. The number of methoxy groups -OCH3 is 2. The molecule has 0 spiro atoms. The molecule has 0 fully saturated rings. The summed E-state index contributed by atoms with van der Waals surface area (Å²) < 4.78 is 17.4. The minimum atomic E-state index is -1.05. The first-order valence-corrected chi connectivity index (χ1v) is 13.4. The Morgan fingerprint density at radius 2 is 1.72 bits per heavy atom.